The summed E-state index contributed by atoms with van der Waals surface area (Å²) >= 11 is 0. The molecule has 2 saturated heterocycles. The molecule has 0 unspecified atom stereocenters. The van der Waals surface area contributed by atoms with Gasteiger partial charge in [0.05, 0.1) is 6.04 Å². The number of hydrogen-bond donors (Lipinski definition) is 2. The first-order valence-electron chi connectivity index (χ1n) is 4.15. The Bertz CT molecular complexity index is 268. The van der Waals surface area contributed by atoms with Crippen molar-refractivity contribution < 1.29 is 14.7 Å². The van der Waals surface area contributed by atoms with Gasteiger partial charge in [-0.2, -0.15) is 0 Å². The molecule has 6 nitrogen and oxygen atoms in total. The molecule has 2 atom stereocenters. The van der Waals surface area contributed by atoms with Gasteiger partial charge in [-0.1, -0.05) is 0 Å². The summed E-state index contributed by atoms with van der Waals surface area (Å²) in [4.78, 5) is 21.7. The van der Waals surface area contributed by atoms with E-state index in [1.54, 1.807) is 5.01 Å². The molecule has 2 aliphatic heterocycles. The van der Waals surface area contributed by atoms with Crippen LogP contribution in [0.2, 0.25) is 0 Å². The minimum atomic E-state index is -1.03. The first kappa shape index (κ1) is 8.31. The normalized spacial score (nSPS) is 31.9. The maximum atomic E-state index is 11.1. The van der Waals surface area contributed by atoms with Gasteiger partial charge in [-0.15, -0.1) is 0 Å². The standard InChI is InChI=1S/C7H11N3O3/c1-9(7(12)13)10-3-2-4-5(10)6(11)8-4/h4-5H,2-3H2,1H3,(H,8,11)(H,12,13)/t4-,5+/m1/s1. The van der Waals surface area contributed by atoms with Crippen LogP contribution in [0, 0.1) is 0 Å². The molecule has 13 heavy (non-hydrogen) atoms. The molecule has 72 valence electrons. The van der Waals surface area contributed by atoms with Crippen molar-refractivity contribution in [3.8, 4) is 0 Å². The van der Waals surface area contributed by atoms with E-state index in [2.05, 4.69) is 5.32 Å². The van der Waals surface area contributed by atoms with E-state index in [1.807, 2.05) is 0 Å². The molecule has 2 amide bonds. The van der Waals surface area contributed by atoms with Crippen LogP contribution < -0.4 is 5.32 Å². The van der Waals surface area contributed by atoms with Crippen molar-refractivity contribution in [2.75, 3.05) is 13.6 Å². The fraction of sp³-hybridized carbons (Fsp3) is 0.714. The highest BCUT2D eigenvalue weighted by atomic mass is 16.4. The van der Waals surface area contributed by atoms with Gasteiger partial charge in [0.1, 0.15) is 6.04 Å². The largest absolute Gasteiger partial charge is 0.464 e. The fourth-order valence-electron chi connectivity index (χ4n) is 1.86. The Kier molecular flexibility index (Phi) is 1.66. The van der Waals surface area contributed by atoms with Crippen LogP contribution in [0.25, 0.3) is 0 Å². The molecule has 0 aromatic rings. The zero-order valence-electron chi connectivity index (χ0n) is 7.23. The number of fused-ring (bicyclic) bond motifs is 1. The van der Waals surface area contributed by atoms with Gasteiger partial charge in [-0.05, 0) is 6.42 Å². The van der Waals surface area contributed by atoms with Crippen molar-refractivity contribution in [1.82, 2.24) is 15.3 Å². The molecule has 2 rings (SSSR count). The summed E-state index contributed by atoms with van der Waals surface area (Å²) in [5.41, 5.74) is 0. The second-order valence-electron chi connectivity index (χ2n) is 3.32. The number of β-lactam (4-membered cyclic amide) rings is 1. The second-order valence-corrected chi connectivity index (χ2v) is 3.32. The summed E-state index contributed by atoms with van der Waals surface area (Å²) in [5.74, 6) is -0.0735. The third kappa shape index (κ3) is 1.06. The summed E-state index contributed by atoms with van der Waals surface area (Å²) in [5, 5.41) is 14.1. The quantitative estimate of drug-likeness (QED) is 0.518. The number of amides is 2. The number of hydrogen-bond acceptors (Lipinski definition) is 3. The highest BCUT2D eigenvalue weighted by Crippen LogP contribution is 2.25. The first-order chi connectivity index (χ1) is 6.11. The minimum Gasteiger partial charge on any atom is -0.464 e. The lowest BCUT2D eigenvalue weighted by Gasteiger charge is -2.38. The van der Waals surface area contributed by atoms with Crippen LogP contribution >= 0.6 is 0 Å². The molecular formula is C7H11N3O3. The van der Waals surface area contributed by atoms with Crippen LogP contribution in [-0.2, 0) is 4.79 Å². The lowest BCUT2D eigenvalue weighted by molar-refractivity contribution is -0.140. The first-order valence-corrected chi connectivity index (χ1v) is 4.15. The van der Waals surface area contributed by atoms with Crippen molar-refractivity contribution in [3.63, 3.8) is 0 Å². The van der Waals surface area contributed by atoms with E-state index in [0.29, 0.717) is 6.54 Å². The van der Waals surface area contributed by atoms with E-state index in [0.717, 1.165) is 11.4 Å². The van der Waals surface area contributed by atoms with Crippen molar-refractivity contribution in [2.45, 2.75) is 18.5 Å². The molecule has 2 N–H and O–H groups in total. The Morgan fingerprint density at radius 2 is 2.46 bits per heavy atom. The summed E-state index contributed by atoms with van der Waals surface area (Å²) in [6.07, 6.45) is -0.200. The van der Waals surface area contributed by atoms with E-state index in [4.69, 9.17) is 5.11 Å². The summed E-state index contributed by atoms with van der Waals surface area (Å²) in [7, 11) is 1.45. The average Bonchev–Trinajstić information content (AvgIpc) is 2.40. The third-order valence-corrected chi connectivity index (χ3v) is 2.63. The Morgan fingerprint density at radius 3 is 3.00 bits per heavy atom. The molecule has 2 heterocycles. The molecule has 6 heteroatoms. The van der Waals surface area contributed by atoms with Crippen molar-refractivity contribution >= 4 is 12.0 Å². The molecule has 0 aromatic carbocycles. The van der Waals surface area contributed by atoms with Gasteiger partial charge in [0.15, 0.2) is 0 Å². The number of hydrazine groups is 1. The van der Waals surface area contributed by atoms with E-state index >= 15 is 0 Å². The maximum Gasteiger partial charge on any atom is 0.421 e. The summed E-state index contributed by atoms with van der Waals surface area (Å²) in [6.45, 7) is 0.622. The SMILES string of the molecule is CN(C(=O)O)N1CC[C@H]2NC(=O)[C@H]21. The van der Waals surface area contributed by atoms with Crippen LogP contribution in [0.4, 0.5) is 4.79 Å². The monoisotopic (exact) mass is 185 g/mol. The Morgan fingerprint density at radius 1 is 1.77 bits per heavy atom. The minimum absolute atomic E-state index is 0.0735. The molecule has 2 fully saturated rings. The number of carboxylic acid groups (broad SMARTS) is 1. The van der Waals surface area contributed by atoms with Gasteiger partial charge in [-0.25, -0.2) is 14.8 Å². The predicted molar refractivity (Wildman–Crippen MR) is 42.8 cm³/mol. The Labute approximate surface area is 75.1 Å². The van der Waals surface area contributed by atoms with Crippen molar-refractivity contribution in [3.05, 3.63) is 0 Å². The smallest absolute Gasteiger partial charge is 0.421 e. The summed E-state index contributed by atoms with van der Waals surface area (Å²) < 4.78 is 0. The third-order valence-electron chi connectivity index (χ3n) is 2.63. The average molecular weight is 185 g/mol. The maximum absolute atomic E-state index is 11.1. The zero-order chi connectivity index (χ0) is 9.59. The van der Waals surface area contributed by atoms with E-state index in [-0.39, 0.29) is 18.0 Å². The molecule has 0 aliphatic carbocycles. The molecule has 0 saturated carbocycles. The second kappa shape index (κ2) is 2.59. The lowest BCUT2D eigenvalue weighted by atomic mass is 10.0. The number of nitrogens with one attached hydrogen (secondary N) is 1. The van der Waals surface area contributed by atoms with Crippen LogP contribution in [0.5, 0.6) is 0 Å². The number of carbonyl (C=O) groups excluding carboxylic acids is 1. The highest BCUT2D eigenvalue weighted by Gasteiger charge is 2.50. The number of nitrogens with zero attached hydrogens (tertiary/aromatic N) is 2. The van der Waals surface area contributed by atoms with Crippen molar-refractivity contribution in [1.29, 1.82) is 0 Å². The molecule has 0 aromatic heterocycles. The van der Waals surface area contributed by atoms with Gasteiger partial charge in [-0.3, -0.25) is 4.79 Å². The van der Waals surface area contributed by atoms with E-state index in [9.17, 15) is 9.59 Å². The molecule has 0 spiro atoms. The molecule has 2 aliphatic rings. The Hall–Kier alpha value is -1.30. The predicted octanol–water partition coefficient (Wildman–Crippen LogP) is -0.916. The summed E-state index contributed by atoms with van der Waals surface area (Å²) in [6, 6.07) is -0.115. The van der Waals surface area contributed by atoms with Gasteiger partial charge in [0.25, 0.3) is 0 Å². The van der Waals surface area contributed by atoms with Crippen LogP contribution in [0.3, 0.4) is 0 Å². The van der Waals surface area contributed by atoms with Crippen LogP contribution in [0.1, 0.15) is 6.42 Å². The fourth-order valence-corrected chi connectivity index (χ4v) is 1.86. The molecule has 0 bridgehead atoms. The molecular weight excluding hydrogens is 174 g/mol. The van der Waals surface area contributed by atoms with Crippen molar-refractivity contribution in [2.24, 2.45) is 0 Å². The topological polar surface area (TPSA) is 72.9 Å². The van der Waals surface area contributed by atoms with E-state index < -0.39 is 6.09 Å². The molecule has 0 radical (unpaired) electrons. The number of carbonyl (C=O) groups is 2. The van der Waals surface area contributed by atoms with Crippen LogP contribution in [-0.4, -0.2) is 52.8 Å². The highest BCUT2D eigenvalue weighted by molar-refractivity contribution is 5.90. The van der Waals surface area contributed by atoms with Gasteiger partial charge < -0.3 is 10.4 Å². The van der Waals surface area contributed by atoms with Crippen LogP contribution in [0.15, 0.2) is 0 Å². The zero-order valence-corrected chi connectivity index (χ0v) is 7.23. The van der Waals surface area contributed by atoms with Gasteiger partial charge in [0.2, 0.25) is 5.91 Å². The Balaban J connectivity index is 2.08. The number of rotatable bonds is 1. The van der Waals surface area contributed by atoms with Gasteiger partial charge >= 0.3 is 6.09 Å². The lowest BCUT2D eigenvalue weighted by Crippen LogP contribution is -2.66. The van der Waals surface area contributed by atoms with Gasteiger partial charge in [0, 0.05) is 13.6 Å². The van der Waals surface area contributed by atoms with E-state index in [1.165, 1.54) is 7.05 Å².